The summed E-state index contributed by atoms with van der Waals surface area (Å²) in [4.78, 5) is 18.7. The highest BCUT2D eigenvalue weighted by atomic mass is 32.2. The number of carbonyl (C=O) groups is 1. The molecule has 144 valence electrons. The molecular weight excluding hydrogens is 362 g/mol. The van der Waals surface area contributed by atoms with Crippen molar-refractivity contribution in [1.29, 1.82) is 0 Å². The summed E-state index contributed by atoms with van der Waals surface area (Å²) in [6, 6.07) is 9.39. The van der Waals surface area contributed by atoms with Crippen molar-refractivity contribution in [2.24, 2.45) is 0 Å². The van der Waals surface area contributed by atoms with E-state index in [0.29, 0.717) is 18.7 Å². The van der Waals surface area contributed by atoms with Crippen LogP contribution >= 0.6 is 0 Å². The molecule has 0 aliphatic carbocycles. The second-order valence-corrected chi connectivity index (χ2v) is 9.25. The maximum Gasteiger partial charge on any atom is 0.272 e. The molecule has 27 heavy (non-hydrogen) atoms. The van der Waals surface area contributed by atoms with Crippen molar-refractivity contribution in [2.75, 3.05) is 23.4 Å². The molecular formula is C20H25N3O3S. The molecule has 1 unspecified atom stereocenters. The van der Waals surface area contributed by atoms with Crippen molar-refractivity contribution < 1.29 is 13.2 Å². The largest absolute Gasteiger partial charge is 0.354 e. The maximum atomic E-state index is 12.8. The van der Waals surface area contributed by atoms with Crippen LogP contribution in [0.5, 0.6) is 0 Å². The molecule has 0 bridgehead atoms. The molecule has 1 amide bonds. The van der Waals surface area contributed by atoms with E-state index in [2.05, 4.69) is 16.4 Å². The first kappa shape index (κ1) is 19.4. The van der Waals surface area contributed by atoms with E-state index in [-0.39, 0.29) is 23.5 Å². The monoisotopic (exact) mass is 387 g/mol. The van der Waals surface area contributed by atoms with Crippen LogP contribution in [-0.4, -0.2) is 48.3 Å². The second-order valence-electron chi connectivity index (χ2n) is 7.02. The molecule has 6 nitrogen and oxygen atoms in total. The molecule has 1 aliphatic rings. The zero-order chi connectivity index (χ0) is 19.6. The van der Waals surface area contributed by atoms with E-state index >= 15 is 0 Å². The van der Waals surface area contributed by atoms with Crippen LogP contribution in [-0.2, 0) is 9.84 Å². The number of pyridine rings is 1. The zero-order valence-electron chi connectivity index (χ0n) is 15.9. The van der Waals surface area contributed by atoms with Crippen LogP contribution in [0.4, 0.5) is 11.4 Å². The maximum absolute atomic E-state index is 12.8. The molecule has 2 aromatic rings. The molecule has 1 aromatic heterocycles. The summed E-state index contributed by atoms with van der Waals surface area (Å²) in [6.07, 6.45) is 2.13. The summed E-state index contributed by atoms with van der Waals surface area (Å²) in [5, 5.41) is 3.31. The second kappa shape index (κ2) is 7.68. The van der Waals surface area contributed by atoms with Gasteiger partial charge in [-0.25, -0.2) is 13.4 Å². The van der Waals surface area contributed by atoms with Gasteiger partial charge >= 0.3 is 0 Å². The van der Waals surface area contributed by atoms with Gasteiger partial charge in [-0.05, 0) is 51.0 Å². The molecule has 1 N–H and O–H groups in total. The van der Waals surface area contributed by atoms with Gasteiger partial charge in [0.2, 0.25) is 0 Å². The zero-order valence-corrected chi connectivity index (χ0v) is 16.7. The number of hydrogen-bond donors (Lipinski definition) is 1. The first-order chi connectivity index (χ1) is 12.8. The molecule has 7 heteroatoms. The Hall–Kier alpha value is -2.41. The van der Waals surface area contributed by atoms with Crippen LogP contribution in [0.15, 0.2) is 36.5 Å². The number of amides is 1. The molecule has 1 aliphatic heterocycles. The van der Waals surface area contributed by atoms with E-state index in [9.17, 15) is 13.2 Å². The van der Waals surface area contributed by atoms with E-state index in [1.807, 2.05) is 39.0 Å². The quantitative estimate of drug-likeness (QED) is 0.853. The minimum Gasteiger partial charge on any atom is -0.354 e. The van der Waals surface area contributed by atoms with Gasteiger partial charge in [0.15, 0.2) is 9.84 Å². The van der Waals surface area contributed by atoms with E-state index in [0.717, 1.165) is 16.9 Å². The average molecular weight is 388 g/mol. The molecule has 2 heterocycles. The topological polar surface area (TPSA) is 79.4 Å². The number of benzene rings is 1. The third-order valence-corrected chi connectivity index (χ3v) is 6.64. The Morgan fingerprint density at radius 2 is 2.04 bits per heavy atom. The lowest BCUT2D eigenvalue weighted by Crippen LogP contribution is -2.41. The van der Waals surface area contributed by atoms with Gasteiger partial charge in [0.1, 0.15) is 5.69 Å². The molecule has 1 saturated heterocycles. The van der Waals surface area contributed by atoms with Gasteiger partial charge < -0.3 is 10.2 Å². The lowest BCUT2D eigenvalue weighted by atomic mass is 10.1. The summed E-state index contributed by atoms with van der Waals surface area (Å²) in [5.74, 6) is -0.0373. The number of sulfone groups is 1. The summed E-state index contributed by atoms with van der Waals surface area (Å²) < 4.78 is 23.5. The molecule has 1 atom stereocenters. The predicted molar refractivity (Wildman–Crippen MR) is 107 cm³/mol. The fraction of sp³-hybridized carbons (Fsp3) is 0.400. The third-order valence-electron chi connectivity index (χ3n) is 4.89. The van der Waals surface area contributed by atoms with Crippen LogP contribution in [0.25, 0.3) is 0 Å². The van der Waals surface area contributed by atoms with Crippen molar-refractivity contribution >= 4 is 27.1 Å². The van der Waals surface area contributed by atoms with E-state index in [1.54, 1.807) is 17.2 Å². The molecule has 3 rings (SSSR count). The third kappa shape index (κ3) is 4.47. The first-order valence-electron chi connectivity index (χ1n) is 9.11. The van der Waals surface area contributed by atoms with Crippen LogP contribution in [0.1, 0.15) is 35.0 Å². The Bertz CT molecular complexity index is 939. The molecule has 1 aromatic carbocycles. The number of aromatic nitrogens is 1. The van der Waals surface area contributed by atoms with Crippen LogP contribution in [0, 0.1) is 13.8 Å². The number of hydrogen-bond acceptors (Lipinski definition) is 5. The van der Waals surface area contributed by atoms with Gasteiger partial charge in [-0.1, -0.05) is 17.7 Å². The number of aryl methyl sites for hydroxylation is 2. The Morgan fingerprint density at radius 1 is 1.26 bits per heavy atom. The van der Waals surface area contributed by atoms with Crippen LogP contribution in [0.2, 0.25) is 0 Å². The number of carbonyl (C=O) groups excluding carboxylic acids is 1. The first-order valence-corrected chi connectivity index (χ1v) is 10.9. The van der Waals surface area contributed by atoms with Crippen molar-refractivity contribution in [3.63, 3.8) is 0 Å². The van der Waals surface area contributed by atoms with E-state index in [1.165, 1.54) is 5.56 Å². The standard InChI is InChI=1S/C20H25N3O3S/c1-4-23(17-9-10-27(25,26)13-17)20(24)19-8-6-16(12-21-19)22-18-7-5-14(2)11-15(18)3/h5-8,11-12,17,22H,4,9-10,13H2,1-3H3. The highest BCUT2D eigenvalue weighted by Gasteiger charge is 2.34. The number of nitrogens with zero attached hydrogens (tertiary/aromatic N) is 2. The van der Waals surface area contributed by atoms with Gasteiger partial charge in [0.05, 0.1) is 23.4 Å². The van der Waals surface area contributed by atoms with Gasteiger partial charge in [0, 0.05) is 18.3 Å². The number of rotatable bonds is 5. The Morgan fingerprint density at radius 3 is 2.59 bits per heavy atom. The van der Waals surface area contributed by atoms with E-state index in [4.69, 9.17) is 0 Å². The SMILES string of the molecule is CCN(C(=O)c1ccc(Nc2ccc(C)cc2C)cn1)C1CCS(=O)(=O)C1. The lowest BCUT2D eigenvalue weighted by Gasteiger charge is -2.26. The van der Waals surface area contributed by atoms with Crippen molar-refractivity contribution in [1.82, 2.24) is 9.88 Å². The van der Waals surface area contributed by atoms with Gasteiger partial charge in [-0.2, -0.15) is 0 Å². The predicted octanol–water partition coefficient (Wildman–Crippen LogP) is 3.09. The van der Waals surface area contributed by atoms with Crippen molar-refractivity contribution in [2.45, 2.75) is 33.2 Å². The molecule has 0 spiro atoms. The van der Waals surface area contributed by atoms with Crippen molar-refractivity contribution in [3.05, 3.63) is 53.3 Å². The molecule has 0 radical (unpaired) electrons. The van der Waals surface area contributed by atoms with Crippen LogP contribution < -0.4 is 5.32 Å². The summed E-state index contributed by atoms with van der Waals surface area (Å²) in [7, 11) is -3.04. The Labute approximate surface area is 160 Å². The highest BCUT2D eigenvalue weighted by Crippen LogP contribution is 2.22. The minimum atomic E-state index is -3.04. The van der Waals surface area contributed by atoms with E-state index < -0.39 is 9.84 Å². The Kier molecular flexibility index (Phi) is 5.51. The Balaban J connectivity index is 1.73. The fourth-order valence-corrected chi connectivity index (χ4v) is 5.17. The minimum absolute atomic E-state index is 0.0406. The van der Waals surface area contributed by atoms with Crippen LogP contribution in [0.3, 0.4) is 0 Å². The normalized spacial score (nSPS) is 18.3. The summed E-state index contributed by atoms with van der Waals surface area (Å²) >= 11 is 0. The lowest BCUT2D eigenvalue weighted by molar-refractivity contribution is 0.0702. The smallest absolute Gasteiger partial charge is 0.272 e. The molecule has 0 saturated carbocycles. The fourth-order valence-electron chi connectivity index (χ4n) is 3.44. The average Bonchev–Trinajstić information content (AvgIpc) is 2.98. The van der Waals surface area contributed by atoms with Gasteiger partial charge in [-0.15, -0.1) is 0 Å². The number of anilines is 2. The highest BCUT2D eigenvalue weighted by molar-refractivity contribution is 7.91. The van der Waals surface area contributed by atoms with Gasteiger partial charge in [0.25, 0.3) is 5.91 Å². The molecule has 1 fully saturated rings. The van der Waals surface area contributed by atoms with Crippen molar-refractivity contribution in [3.8, 4) is 0 Å². The summed E-state index contributed by atoms with van der Waals surface area (Å²) in [6.45, 7) is 6.41. The number of nitrogens with one attached hydrogen (secondary N) is 1. The van der Waals surface area contributed by atoms with Gasteiger partial charge in [-0.3, -0.25) is 4.79 Å². The summed E-state index contributed by atoms with van der Waals surface area (Å²) in [5.41, 5.74) is 4.45.